The second-order valence-corrected chi connectivity index (χ2v) is 6.06. The molecule has 0 saturated carbocycles. The number of amides is 2. The summed E-state index contributed by atoms with van der Waals surface area (Å²) >= 11 is 0. The fourth-order valence-electron chi connectivity index (χ4n) is 2.81. The fourth-order valence-corrected chi connectivity index (χ4v) is 2.81. The average molecular weight is 338 g/mol. The molecule has 1 aliphatic heterocycles. The molecule has 1 N–H and O–H groups in total. The van der Waals surface area contributed by atoms with E-state index < -0.39 is 0 Å². The maximum atomic E-state index is 12.2. The molecule has 1 aliphatic rings. The van der Waals surface area contributed by atoms with E-state index in [1.165, 1.54) is 6.42 Å². The summed E-state index contributed by atoms with van der Waals surface area (Å²) in [5.74, 6) is 1.13. The Morgan fingerprint density at radius 3 is 2.20 bits per heavy atom. The first-order chi connectivity index (χ1) is 12.2. The van der Waals surface area contributed by atoms with Crippen molar-refractivity contribution < 1.29 is 14.3 Å². The Kier molecular flexibility index (Phi) is 5.67. The highest BCUT2D eigenvalue weighted by Gasteiger charge is 2.17. The van der Waals surface area contributed by atoms with Crippen molar-refractivity contribution in [2.45, 2.75) is 19.3 Å². The molecule has 1 fully saturated rings. The van der Waals surface area contributed by atoms with Gasteiger partial charge in [0.1, 0.15) is 11.5 Å². The molecule has 0 aromatic heterocycles. The van der Waals surface area contributed by atoms with Crippen LogP contribution in [0.4, 0.5) is 0 Å². The second-order valence-electron chi connectivity index (χ2n) is 6.06. The molecule has 3 rings (SSSR count). The van der Waals surface area contributed by atoms with E-state index in [1.807, 2.05) is 35.2 Å². The molecule has 1 heterocycles. The molecule has 2 aromatic carbocycles. The van der Waals surface area contributed by atoms with Crippen LogP contribution in [-0.4, -0.2) is 36.3 Å². The van der Waals surface area contributed by atoms with Crippen LogP contribution in [0.1, 0.15) is 29.6 Å². The van der Waals surface area contributed by atoms with Gasteiger partial charge in [-0.15, -0.1) is 0 Å². The number of nitrogens with one attached hydrogen (secondary N) is 1. The topological polar surface area (TPSA) is 58.6 Å². The molecule has 0 radical (unpaired) electrons. The van der Waals surface area contributed by atoms with Crippen LogP contribution in [0.15, 0.2) is 54.6 Å². The highest BCUT2D eigenvalue weighted by atomic mass is 16.5. The van der Waals surface area contributed by atoms with Gasteiger partial charge in [0.05, 0.1) is 6.54 Å². The number of hydrogen-bond acceptors (Lipinski definition) is 3. The minimum atomic E-state index is -0.253. The number of para-hydroxylation sites is 1. The molecule has 1 saturated heterocycles. The normalized spacial score (nSPS) is 14.0. The molecule has 2 aromatic rings. The predicted octanol–water partition coefficient (Wildman–Crippen LogP) is 3.22. The molecule has 0 unspecified atom stereocenters. The van der Waals surface area contributed by atoms with Crippen molar-refractivity contribution in [3.05, 3.63) is 60.2 Å². The van der Waals surface area contributed by atoms with Gasteiger partial charge in [-0.05, 0) is 55.7 Å². The lowest BCUT2D eigenvalue weighted by Crippen LogP contribution is -2.42. The second kappa shape index (κ2) is 8.33. The zero-order chi connectivity index (χ0) is 17.5. The predicted molar refractivity (Wildman–Crippen MR) is 95.7 cm³/mol. The van der Waals surface area contributed by atoms with E-state index in [4.69, 9.17) is 4.74 Å². The van der Waals surface area contributed by atoms with E-state index in [9.17, 15) is 9.59 Å². The van der Waals surface area contributed by atoms with Crippen LogP contribution in [0, 0.1) is 0 Å². The van der Waals surface area contributed by atoms with E-state index in [2.05, 4.69) is 5.32 Å². The monoisotopic (exact) mass is 338 g/mol. The van der Waals surface area contributed by atoms with E-state index >= 15 is 0 Å². The molecule has 5 nitrogen and oxygen atoms in total. The molecule has 5 heteroatoms. The number of nitrogens with zero attached hydrogens (tertiary/aromatic N) is 1. The van der Waals surface area contributed by atoms with Crippen LogP contribution < -0.4 is 10.1 Å². The van der Waals surface area contributed by atoms with Crippen LogP contribution in [0.25, 0.3) is 0 Å². The lowest BCUT2D eigenvalue weighted by atomic mass is 10.1. The fraction of sp³-hybridized carbons (Fsp3) is 0.300. The molecule has 25 heavy (non-hydrogen) atoms. The Labute approximate surface area is 147 Å². The smallest absolute Gasteiger partial charge is 0.251 e. The van der Waals surface area contributed by atoms with E-state index in [0.29, 0.717) is 11.3 Å². The van der Waals surface area contributed by atoms with Crippen molar-refractivity contribution in [1.29, 1.82) is 0 Å². The van der Waals surface area contributed by atoms with Crippen molar-refractivity contribution in [3.63, 3.8) is 0 Å². The van der Waals surface area contributed by atoms with Gasteiger partial charge in [-0.2, -0.15) is 0 Å². The Morgan fingerprint density at radius 1 is 0.880 bits per heavy atom. The third-order valence-electron chi connectivity index (χ3n) is 4.20. The van der Waals surface area contributed by atoms with Crippen LogP contribution in [0.2, 0.25) is 0 Å². The van der Waals surface area contributed by atoms with Gasteiger partial charge in [0.15, 0.2) is 0 Å². The number of hydrogen-bond donors (Lipinski definition) is 1. The first-order valence-corrected chi connectivity index (χ1v) is 8.61. The molecular formula is C20H22N2O3. The molecule has 0 aliphatic carbocycles. The van der Waals surface area contributed by atoms with E-state index in [1.54, 1.807) is 24.3 Å². The molecule has 0 atom stereocenters. The Bertz CT molecular complexity index is 707. The number of ether oxygens (including phenoxy) is 1. The van der Waals surface area contributed by atoms with Gasteiger partial charge in [-0.25, -0.2) is 0 Å². The number of likely N-dealkylation sites (tertiary alicyclic amines) is 1. The third kappa shape index (κ3) is 4.83. The minimum Gasteiger partial charge on any atom is -0.457 e. The molecule has 2 amide bonds. The summed E-state index contributed by atoms with van der Waals surface area (Å²) in [6, 6.07) is 16.3. The summed E-state index contributed by atoms with van der Waals surface area (Å²) in [6.07, 6.45) is 3.26. The standard InChI is InChI=1S/C20H22N2O3/c23-19(22-13-5-2-6-14-22)15-21-20(24)16-9-11-18(12-10-16)25-17-7-3-1-4-8-17/h1,3-4,7-12H,2,5-6,13-15H2,(H,21,24). The van der Waals surface area contributed by atoms with E-state index in [0.717, 1.165) is 31.7 Å². The average Bonchev–Trinajstić information content (AvgIpc) is 2.68. The van der Waals surface area contributed by atoms with Gasteiger partial charge >= 0.3 is 0 Å². The number of benzene rings is 2. The van der Waals surface area contributed by atoms with Crippen molar-refractivity contribution >= 4 is 11.8 Å². The Hall–Kier alpha value is -2.82. The van der Waals surface area contributed by atoms with Crippen LogP contribution in [0.3, 0.4) is 0 Å². The number of piperidine rings is 1. The summed E-state index contributed by atoms with van der Waals surface area (Å²) in [5.41, 5.74) is 0.506. The summed E-state index contributed by atoms with van der Waals surface area (Å²) in [5, 5.41) is 2.69. The van der Waals surface area contributed by atoms with E-state index in [-0.39, 0.29) is 18.4 Å². The minimum absolute atomic E-state index is 0.0166. The van der Waals surface area contributed by atoms with Gasteiger partial charge in [0.25, 0.3) is 5.91 Å². The number of carbonyl (C=O) groups is 2. The number of rotatable bonds is 5. The van der Waals surface area contributed by atoms with Crippen molar-refractivity contribution in [3.8, 4) is 11.5 Å². The Morgan fingerprint density at radius 2 is 1.52 bits per heavy atom. The van der Waals surface area contributed by atoms with Gasteiger partial charge in [0.2, 0.25) is 5.91 Å². The maximum absolute atomic E-state index is 12.2. The Balaban J connectivity index is 1.51. The van der Waals surface area contributed by atoms with Crippen molar-refractivity contribution in [1.82, 2.24) is 10.2 Å². The lowest BCUT2D eigenvalue weighted by molar-refractivity contribution is -0.130. The van der Waals surface area contributed by atoms with Crippen LogP contribution >= 0.6 is 0 Å². The van der Waals surface area contributed by atoms with Crippen molar-refractivity contribution in [2.75, 3.05) is 19.6 Å². The van der Waals surface area contributed by atoms with Crippen LogP contribution in [-0.2, 0) is 4.79 Å². The lowest BCUT2D eigenvalue weighted by Gasteiger charge is -2.26. The summed E-state index contributed by atoms with van der Waals surface area (Å²) in [6.45, 7) is 1.63. The SMILES string of the molecule is O=C(NCC(=O)N1CCCCC1)c1ccc(Oc2ccccc2)cc1. The van der Waals surface area contributed by atoms with Gasteiger partial charge in [0, 0.05) is 18.7 Å². The van der Waals surface area contributed by atoms with Gasteiger partial charge in [-0.3, -0.25) is 9.59 Å². The summed E-state index contributed by atoms with van der Waals surface area (Å²) < 4.78 is 5.70. The van der Waals surface area contributed by atoms with Crippen LogP contribution in [0.5, 0.6) is 11.5 Å². The van der Waals surface area contributed by atoms with Gasteiger partial charge in [-0.1, -0.05) is 18.2 Å². The summed E-state index contributed by atoms with van der Waals surface area (Å²) in [7, 11) is 0. The number of carbonyl (C=O) groups excluding carboxylic acids is 2. The molecule has 130 valence electrons. The summed E-state index contributed by atoms with van der Waals surface area (Å²) in [4.78, 5) is 26.1. The highest BCUT2D eigenvalue weighted by molar-refractivity contribution is 5.96. The van der Waals surface area contributed by atoms with Gasteiger partial charge < -0.3 is 15.0 Å². The molecular weight excluding hydrogens is 316 g/mol. The molecule has 0 bridgehead atoms. The third-order valence-corrected chi connectivity index (χ3v) is 4.20. The maximum Gasteiger partial charge on any atom is 0.251 e. The zero-order valence-corrected chi connectivity index (χ0v) is 14.1. The van der Waals surface area contributed by atoms with Crippen molar-refractivity contribution in [2.24, 2.45) is 0 Å². The quantitative estimate of drug-likeness (QED) is 0.911. The largest absolute Gasteiger partial charge is 0.457 e. The zero-order valence-electron chi connectivity index (χ0n) is 14.1. The molecule has 0 spiro atoms. The first-order valence-electron chi connectivity index (χ1n) is 8.61. The highest BCUT2D eigenvalue weighted by Crippen LogP contribution is 2.21. The first kappa shape index (κ1) is 17.0.